The van der Waals surface area contributed by atoms with E-state index >= 15 is 0 Å². The van der Waals surface area contributed by atoms with Gasteiger partial charge in [0.15, 0.2) is 0 Å². The van der Waals surface area contributed by atoms with Crippen LogP contribution >= 0.6 is 0 Å². The largest absolute Gasteiger partial charge is 0.332 e. The maximum absolute atomic E-state index is 12.4. The zero-order valence-electron chi connectivity index (χ0n) is 11.7. The maximum Gasteiger partial charge on any atom is 0.245 e. The second-order valence-corrected chi connectivity index (χ2v) is 6.67. The highest BCUT2D eigenvalue weighted by Crippen LogP contribution is 2.25. The van der Waals surface area contributed by atoms with Crippen LogP contribution in [0.25, 0.3) is 0 Å². The molecule has 102 valence electrons. The van der Waals surface area contributed by atoms with Crippen molar-refractivity contribution in [2.24, 2.45) is 5.41 Å². The first-order valence-corrected chi connectivity index (χ1v) is 6.97. The molecule has 2 saturated heterocycles. The minimum atomic E-state index is -0.167. The summed E-state index contributed by atoms with van der Waals surface area (Å²) in [6.07, 6.45) is 3.89. The fraction of sp³-hybridized carbons (Fsp3) is 0.857. The molecule has 2 aliphatic heterocycles. The average Bonchev–Trinajstić information content (AvgIpc) is 2.31. The molecule has 0 N–H and O–H groups in total. The number of nitrogens with zero attached hydrogens (tertiary/aromatic N) is 2. The summed E-state index contributed by atoms with van der Waals surface area (Å²) in [5.41, 5.74) is 0.201. The molecule has 1 unspecified atom stereocenters. The Morgan fingerprint density at radius 2 is 1.94 bits per heavy atom. The number of rotatable bonds is 2. The van der Waals surface area contributed by atoms with Crippen LogP contribution in [0.2, 0.25) is 0 Å². The second-order valence-electron chi connectivity index (χ2n) is 6.67. The predicted molar refractivity (Wildman–Crippen MR) is 70.0 cm³/mol. The molecular weight excluding hydrogens is 228 g/mol. The standard InChI is InChI=1S/C14H24N2O2/c1-14(2,3)7-9-15-10-12(17)16-8-5-4-6-11(16)13(15)18/h11H,4-10H2,1-3H3. The normalized spacial score (nSPS) is 25.4. The number of fused-ring (bicyclic) bond motifs is 1. The van der Waals surface area contributed by atoms with Gasteiger partial charge in [0.2, 0.25) is 11.8 Å². The number of hydrogen-bond donors (Lipinski definition) is 0. The summed E-state index contributed by atoms with van der Waals surface area (Å²) in [6, 6.07) is -0.167. The zero-order valence-corrected chi connectivity index (χ0v) is 11.7. The van der Waals surface area contributed by atoms with Gasteiger partial charge in [-0.05, 0) is 31.1 Å². The Balaban J connectivity index is 2.01. The third-order valence-electron chi connectivity index (χ3n) is 3.88. The van der Waals surface area contributed by atoms with E-state index < -0.39 is 0 Å². The van der Waals surface area contributed by atoms with Crippen LogP contribution in [0, 0.1) is 5.41 Å². The van der Waals surface area contributed by atoms with Crippen LogP contribution in [0.3, 0.4) is 0 Å². The van der Waals surface area contributed by atoms with Crippen LogP contribution in [0.1, 0.15) is 46.5 Å². The van der Waals surface area contributed by atoms with E-state index in [0.29, 0.717) is 6.54 Å². The van der Waals surface area contributed by atoms with Gasteiger partial charge in [-0.2, -0.15) is 0 Å². The lowest BCUT2D eigenvalue weighted by Gasteiger charge is -2.43. The number of piperidine rings is 1. The third kappa shape index (κ3) is 2.85. The van der Waals surface area contributed by atoms with Crippen LogP contribution in [-0.4, -0.2) is 47.3 Å². The van der Waals surface area contributed by atoms with Crippen molar-refractivity contribution < 1.29 is 9.59 Å². The van der Waals surface area contributed by atoms with Crippen molar-refractivity contribution in [1.82, 2.24) is 9.80 Å². The average molecular weight is 252 g/mol. The molecule has 2 fully saturated rings. The summed E-state index contributed by atoms with van der Waals surface area (Å²) in [5.74, 6) is 0.298. The molecule has 0 aromatic rings. The van der Waals surface area contributed by atoms with Crippen molar-refractivity contribution in [3.05, 3.63) is 0 Å². The summed E-state index contributed by atoms with van der Waals surface area (Å²) in [4.78, 5) is 28.0. The van der Waals surface area contributed by atoms with Crippen LogP contribution in [-0.2, 0) is 9.59 Å². The van der Waals surface area contributed by atoms with Gasteiger partial charge in [0.1, 0.15) is 6.04 Å². The van der Waals surface area contributed by atoms with Gasteiger partial charge in [-0.15, -0.1) is 0 Å². The molecule has 18 heavy (non-hydrogen) atoms. The Morgan fingerprint density at radius 3 is 2.61 bits per heavy atom. The molecule has 4 nitrogen and oxygen atoms in total. The number of amides is 2. The molecule has 0 aromatic carbocycles. The summed E-state index contributed by atoms with van der Waals surface area (Å²) < 4.78 is 0. The summed E-state index contributed by atoms with van der Waals surface area (Å²) in [7, 11) is 0. The molecule has 4 heteroatoms. The Bertz CT molecular complexity index is 346. The molecule has 2 aliphatic rings. The molecule has 0 saturated carbocycles. The smallest absolute Gasteiger partial charge is 0.245 e. The first-order valence-electron chi connectivity index (χ1n) is 6.97. The van der Waals surface area contributed by atoms with E-state index in [2.05, 4.69) is 20.8 Å². The molecule has 0 aliphatic carbocycles. The highest BCUT2D eigenvalue weighted by molar-refractivity contribution is 5.95. The van der Waals surface area contributed by atoms with Crippen molar-refractivity contribution in [1.29, 1.82) is 0 Å². The van der Waals surface area contributed by atoms with Gasteiger partial charge in [-0.3, -0.25) is 9.59 Å². The first kappa shape index (κ1) is 13.4. The van der Waals surface area contributed by atoms with E-state index in [1.54, 1.807) is 9.80 Å². The first-order chi connectivity index (χ1) is 8.38. The lowest BCUT2D eigenvalue weighted by Crippen LogP contribution is -2.61. The minimum absolute atomic E-state index is 0.133. The molecular formula is C14H24N2O2. The second kappa shape index (κ2) is 4.90. The molecule has 2 rings (SSSR count). The van der Waals surface area contributed by atoms with E-state index in [1.807, 2.05) is 0 Å². The minimum Gasteiger partial charge on any atom is -0.332 e. The van der Waals surface area contributed by atoms with Gasteiger partial charge in [-0.1, -0.05) is 20.8 Å². The highest BCUT2D eigenvalue weighted by atomic mass is 16.2. The fourth-order valence-electron chi connectivity index (χ4n) is 2.69. The van der Waals surface area contributed by atoms with Gasteiger partial charge < -0.3 is 9.80 Å². The summed E-state index contributed by atoms with van der Waals surface area (Å²) in [5, 5.41) is 0. The Labute approximate surface area is 109 Å². The number of carbonyl (C=O) groups is 2. The van der Waals surface area contributed by atoms with E-state index in [-0.39, 0.29) is 29.8 Å². The van der Waals surface area contributed by atoms with Crippen molar-refractivity contribution in [3.8, 4) is 0 Å². The number of hydrogen-bond acceptors (Lipinski definition) is 2. The molecule has 0 bridgehead atoms. The lowest BCUT2D eigenvalue weighted by molar-refractivity contribution is -0.158. The van der Waals surface area contributed by atoms with Crippen LogP contribution in [0.15, 0.2) is 0 Å². The van der Waals surface area contributed by atoms with Crippen molar-refractivity contribution in [3.63, 3.8) is 0 Å². The molecule has 1 atom stereocenters. The molecule has 0 spiro atoms. The van der Waals surface area contributed by atoms with Gasteiger partial charge >= 0.3 is 0 Å². The lowest BCUT2D eigenvalue weighted by atomic mass is 9.91. The van der Waals surface area contributed by atoms with Crippen molar-refractivity contribution >= 4 is 11.8 Å². The SMILES string of the molecule is CC(C)(C)CCN1CC(=O)N2CCCCC2C1=O. The van der Waals surface area contributed by atoms with Gasteiger partial charge in [0.25, 0.3) is 0 Å². The quantitative estimate of drug-likeness (QED) is 0.749. The van der Waals surface area contributed by atoms with Crippen molar-refractivity contribution in [2.45, 2.75) is 52.5 Å². The Kier molecular flexibility index (Phi) is 3.64. The predicted octanol–water partition coefficient (Wildman–Crippen LogP) is 1.65. The van der Waals surface area contributed by atoms with E-state index in [4.69, 9.17) is 0 Å². The highest BCUT2D eigenvalue weighted by Gasteiger charge is 2.40. The maximum atomic E-state index is 12.4. The summed E-state index contributed by atoms with van der Waals surface area (Å²) >= 11 is 0. The van der Waals surface area contributed by atoms with E-state index in [9.17, 15) is 9.59 Å². The van der Waals surface area contributed by atoms with Crippen molar-refractivity contribution in [2.75, 3.05) is 19.6 Å². The van der Waals surface area contributed by atoms with E-state index in [1.165, 1.54) is 0 Å². The zero-order chi connectivity index (χ0) is 13.3. The Morgan fingerprint density at radius 1 is 1.22 bits per heavy atom. The number of carbonyl (C=O) groups excluding carboxylic acids is 2. The molecule has 2 heterocycles. The molecule has 2 amide bonds. The monoisotopic (exact) mass is 252 g/mol. The third-order valence-corrected chi connectivity index (χ3v) is 3.88. The van der Waals surface area contributed by atoms with Crippen LogP contribution in [0.4, 0.5) is 0 Å². The molecule has 0 aromatic heterocycles. The van der Waals surface area contributed by atoms with Crippen LogP contribution in [0.5, 0.6) is 0 Å². The topological polar surface area (TPSA) is 40.6 Å². The Hall–Kier alpha value is -1.06. The van der Waals surface area contributed by atoms with Gasteiger partial charge in [-0.25, -0.2) is 0 Å². The van der Waals surface area contributed by atoms with Gasteiger partial charge in [0.05, 0.1) is 6.54 Å². The fourth-order valence-corrected chi connectivity index (χ4v) is 2.69. The summed E-state index contributed by atoms with van der Waals surface area (Å²) in [6.45, 7) is 8.24. The van der Waals surface area contributed by atoms with E-state index in [0.717, 1.165) is 32.2 Å². The molecule has 0 radical (unpaired) electrons. The number of piperazine rings is 1. The van der Waals surface area contributed by atoms with Gasteiger partial charge in [0, 0.05) is 13.1 Å². The van der Waals surface area contributed by atoms with Crippen LogP contribution < -0.4 is 0 Å².